The molecule has 0 aliphatic heterocycles. The van der Waals surface area contributed by atoms with Crippen molar-refractivity contribution in [1.82, 2.24) is 15.6 Å². The zero-order valence-electron chi connectivity index (χ0n) is 13.1. The second-order valence-electron chi connectivity index (χ2n) is 5.11. The van der Waals surface area contributed by atoms with Gasteiger partial charge in [0, 0.05) is 18.1 Å². The van der Waals surface area contributed by atoms with Gasteiger partial charge in [-0.25, -0.2) is 4.99 Å². The highest BCUT2D eigenvalue weighted by Gasteiger charge is 2.03. The molecule has 0 amide bonds. The number of rotatable bonds is 5. The number of pyridine rings is 1. The van der Waals surface area contributed by atoms with Gasteiger partial charge in [0.1, 0.15) is 5.76 Å². The SMILES string of the molecule is CCNC(=NCc1nccc2ccccc12)NCc1ccco1. The quantitative estimate of drug-likeness (QED) is 0.561. The lowest BCUT2D eigenvalue weighted by Crippen LogP contribution is -2.36. The van der Waals surface area contributed by atoms with Crippen LogP contribution in [-0.4, -0.2) is 17.5 Å². The van der Waals surface area contributed by atoms with Gasteiger partial charge >= 0.3 is 0 Å². The van der Waals surface area contributed by atoms with Gasteiger partial charge in [-0.1, -0.05) is 24.3 Å². The molecule has 0 atom stereocenters. The van der Waals surface area contributed by atoms with Crippen LogP contribution < -0.4 is 10.6 Å². The summed E-state index contributed by atoms with van der Waals surface area (Å²) in [5, 5.41) is 8.81. The number of hydrogen-bond donors (Lipinski definition) is 2. The van der Waals surface area contributed by atoms with Crippen LogP contribution in [0, 0.1) is 0 Å². The van der Waals surface area contributed by atoms with E-state index >= 15 is 0 Å². The molecule has 23 heavy (non-hydrogen) atoms. The molecule has 3 rings (SSSR count). The summed E-state index contributed by atoms with van der Waals surface area (Å²) in [4.78, 5) is 9.09. The van der Waals surface area contributed by atoms with E-state index in [1.165, 1.54) is 5.39 Å². The van der Waals surface area contributed by atoms with Crippen molar-refractivity contribution in [2.24, 2.45) is 4.99 Å². The minimum absolute atomic E-state index is 0.523. The summed E-state index contributed by atoms with van der Waals surface area (Å²) in [6.45, 7) is 3.96. The van der Waals surface area contributed by atoms with Crippen LogP contribution in [0.5, 0.6) is 0 Å². The lowest BCUT2D eigenvalue weighted by Gasteiger charge is -2.10. The number of furan rings is 1. The number of benzene rings is 1. The molecule has 2 aromatic heterocycles. The lowest BCUT2D eigenvalue weighted by atomic mass is 10.1. The molecule has 3 aromatic rings. The minimum Gasteiger partial charge on any atom is -0.467 e. The highest BCUT2D eigenvalue weighted by molar-refractivity contribution is 5.85. The van der Waals surface area contributed by atoms with E-state index < -0.39 is 0 Å². The van der Waals surface area contributed by atoms with Crippen LogP contribution in [0.15, 0.2) is 64.3 Å². The first-order chi connectivity index (χ1) is 11.4. The summed E-state index contributed by atoms with van der Waals surface area (Å²) >= 11 is 0. The summed E-state index contributed by atoms with van der Waals surface area (Å²) in [7, 11) is 0. The molecule has 0 unspecified atom stereocenters. The van der Waals surface area contributed by atoms with E-state index in [1.807, 2.05) is 43.5 Å². The van der Waals surface area contributed by atoms with Crippen LogP contribution >= 0.6 is 0 Å². The van der Waals surface area contributed by atoms with Crippen LogP contribution in [0.3, 0.4) is 0 Å². The molecular weight excluding hydrogens is 288 g/mol. The van der Waals surface area contributed by atoms with E-state index in [1.54, 1.807) is 6.26 Å². The van der Waals surface area contributed by atoms with Crippen molar-refractivity contribution in [3.63, 3.8) is 0 Å². The summed E-state index contributed by atoms with van der Waals surface area (Å²) in [5.41, 5.74) is 0.971. The molecule has 118 valence electrons. The third-order valence-corrected chi connectivity index (χ3v) is 3.50. The smallest absolute Gasteiger partial charge is 0.192 e. The van der Waals surface area contributed by atoms with Crippen molar-refractivity contribution in [2.45, 2.75) is 20.0 Å². The van der Waals surface area contributed by atoms with Crippen molar-refractivity contribution >= 4 is 16.7 Å². The standard InChI is InChI=1S/C18H20N4O/c1-2-19-18(21-12-15-7-5-11-23-15)22-13-17-16-8-4-3-6-14(16)9-10-20-17/h3-11H,2,12-13H2,1H3,(H2,19,21,22). The summed E-state index contributed by atoms with van der Waals surface area (Å²) in [6.07, 6.45) is 3.50. The first-order valence-corrected chi connectivity index (χ1v) is 7.74. The summed E-state index contributed by atoms with van der Waals surface area (Å²) in [5.74, 6) is 1.62. The number of aliphatic imine (C=N–C) groups is 1. The van der Waals surface area contributed by atoms with E-state index in [-0.39, 0.29) is 0 Å². The Labute approximate surface area is 135 Å². The third kappa shape index (κ3) is 3.88. The van der Waals surface area contributed by atoms with Gasteiger partial charge in [0.15, 0.2) is 5.96 Å². The first kappa shape index (κ1) is 15.1. The summed E-state index contributed by atoms with van der Waals surface area (Å²) < 4.78 is 5.32. The van der Waals surface area contributed by atoms with Gasteiger partial charge in [0.2, 0.25) is 0 Å². The maximum atomic E-state index is 5.32. The molecule has 0 saturated heterocycles. The average Bonchev–Trinajstić information content (AvgIpc) is 3.11. The van der Waals surface area contributed by atoms with Crippen LogP contribution in [0.2, 0.25) is 0 Å². The van der Waals surface area contributed by atoms with Crippen molar-refractivity contribution in [3.8, 4) is 0 Å². The Morgan fingerprint density at radius 1 is 1.13 bits per heavy atom. The van der Waals surface area contributed by atoms with Gasteiger partial charge in [0.05, 0.1) is 25.0 Å². The van der Waals surface area contributed by atoms with Gasteiger partial charge in [-0.15, -0.1) is 0 Å². The zero-order valence-corrected chi connectivity index (χ0v) is 13.1. The Morgan fingerprint density at radius 2 is 2.04 bits per heavy atom. The molecule has 2 N–H and O–H groups in total. The molecule has 0 fully saturated rings. The van der Waals surface area contributed by atoms with Crippen LogP contribution in [0.1, 0.15) is 18.4 Å². The molecule has 1 aromatic carbocycles. The van der Waals surface area contributed by atoms with E-state index in [0.29, 0.717) is 13.1 Å². The second kappa shape index (κ2) is 7.45. The fraction of sp³-hybridized carbons (Fsp3) is 0.222. The van der Waals surface area contributed by atoms with E-state index in [0.717, 1.165) is 29.3 Å². The molecule has 2 heterocycles. The largest absolute Gasteiger partial charge is 0.467 e. The van der Waals surface area contributed by atoms with Crippen molar-refractivity contribution < 1.29 is 4.42 Å². The molecule has 0 bridgehead atoms. The Kier molecular flexibility index (Phi) is 4.88. The zero-order chi connectivity index (χ0) is 15.9. The number of aromatic nitrogens is 1. The number of fused-ring (bicyclic) bond motifs is 1. The monoisotopic (exact) mass is 308 g/mol. The van der Waals surface area contributed by atoms with E-state index in [9.17, 15) is 0 Å². The molecule has 0 spiro atoms. The Bertz CT molecular complexity index is 775. The first-order valence-electron chi connectivity index (χ1n) is 7.74. The number of nitrogens with zero attached hydrogens (tertiary/aromatic N) is 2. The number of nitrogens with one attached hydrogen (secondary N) is 2. The van der Waals surface area contributed by atoms with Crippen LogP contribution in [-0.2, 0) is 13.1 Å². The molecule has 0 aliphatic rings. The van der Waals surface area contributed by atoms with Gasteiger partial charge < -0.3 is 15.1 Å². The fourth-order valence-electron chi connectivity index (χ4n) is 2.39. The maximum Gasteiger partial charge on any atom is 0.192 e. The van der Waals surface area contributed by atoms with Crippen molar-refractivity contribution in [2.75, 3.05) is 6.54 Å². The molecule has 0 radical (unpaired) electrons. The van der Waals surface area contributed by atoms with Gasteiger partial charge in [-0.05, 0) is 30.5 Å². The third-order valence-electron chi connectivity index (χ3n) is 3.50. The molecule has 0 aliphatic carbocycles. The molecular formula is C18H20N4O. The lowest BCUT2D eigenvalue weighted by molar-refractivity contribution is 0.501. The highest BCUT2D eigenvalue weighted by atomic mass is 16.3. The topological polar surface area (TPSA) is 62.5 Å². The van der Waals surface area contributed by atoms with E-state index in [4.69, 9.17) is 4.42 Å². The maximum absolute atomic E-state index is 5.32. The second-order valence-corrected chi connectivity index (χ2v) is 5.11. The molecule has 0 saturated carbocycles. The van der Waals surface area contributed by atoms with Gasteiger partial charge in [-0.3, -0.25) is 4.98 Å². The normalized spacial score (nSPS) is 11.6. The minimum atomic E-state index is 0.523. The fourth-order valence-corrected chi connectivity index (χ4v) is 2.39. The van der Waals surface area contributed by atoms with Crippen molar-refractivity contribution in [3.05, 3.63) is 66.4 Å². The van der Waals surface area contributed by atoms with Crippen molar-refractivity contribution in [1.29, 1.82) is 0 Å². The Balaban J connectivity index is 1.74. The van der Waals surface area contributed by atoms with Crippen LogP contribution in [0.25, 0.3) is 10.8 Å². The molecule has 5 heteroatoms. The summed E-state index contributed by atoms with van der Waals surface area (Å²) in [6, 6.07) is 14.1. The predicted molar refractivity (Wildman–Crippen MR) is 92.1 cm³/mol. The highest BCUT2D eigenvalue weighted by Crippen LogP contribution is 2.16. The van der Waals surface area contributed by atoms with Crippen LogP contribution in [0.4, 0.5) is 0 Å². The Hall–Kier alpha value is -2.82. The number of guanidine groups is 1. The number of hydrogen-bond acceptors (Lipinski definition) is 3. The van der Waals surface area contributed by atoms with E-state index in [2.05, 4.69) is 32.7 Å². The van der Waals surface area contributed by atoms with Gasteiger partial charge in [-0.2, -0.15) is 0 Å². The van der Waals surface area contributed by atoms with Gasteiger partial charge in [0.25, 0.3) is 0 Å². The molecule has 5 nitrogen and oxygen atoms in total. The predicted octanol–water partition coefficient (Wildman–Crippen LogP) is 3.08. The Morgan fingerprint density at radius 3 is 2.87 bits per heavy atom. The average molecular weight is 308 g/mol.